The maximum atomic E-state index is 12.2. The van der Waals surface area contributed by atoms with Gasteiger partial charge in [0.05, 0.1) is 5.02 Å². The number of ether oxygens (including phenoxy) is 1. The molecule has 2 aromatic rings. The lowest BCUT2D eigenvalue weighted by atomic mass is 9.87. The summed E-state index contributed by atoms with van der Waals surface area (Å²) in [6.07, 6.45) is 0. The SMILES string of the molecule is CC(C)(C)c1ccc(C(=O)NC(=S)NNC(=O)COc2ccccc2Cl)cc1. The van der Waals surface area contributed by atoms with Crippen molar-refractivity contribution in [2.75, 3.05) is 6.61 Å². The average molecular weight is 420 g/mol. The monoisotopic (exact) mass is 419 g/mol. The van der Waals surface area contributed by atoms with Crippen LogP contribution in [0.1, 0.15) is 36.7 Å². The molecular formula is C20H22ClN3O3S. The van der Waals surface area contributed by atoms with Crippen LogP contribution in [0.25, 0.3) is 0 Å². The number of hydrazine groups is 1. The highest BCUT2D eigenvalue weighted by atomic mass is 35.5. The molecule has 0 saturated carbocycles. The highest BCUT2D eigenvalue weighted by molar-refractivity contribution is 7.80. The van der Waals surface area contributed by atoms with Gasteiger partial charge >= 0.3 is 0 Å². The fourth-order valence-corrected chi connectivity index (χ4v) is 2.53. The summed E-state index contributed by atoms with van der Waals surface area (Å²) < 4.78 is 5.31. The Morgan fingerprint density at radius 3 is 2.29 bits per heavy atom. The number of para-hydroxylation sites is 1. The average Bonchev–Trinajstić information content (AvgIpc) is 2.65. The third-order valence-electron chi connectivity index (χ3n) is 3.75. The van der Waals surface area contributed by atoms with Crippen molar-refractivity contribution in [1.29, 1.82) is 0 Å². The standard InChI is InChI=1S/C20H22ClN3O3S/c1-20(2,3)14-10-8-13(9-11-14)18(26)22-19(28)24-23-17(25)12-27-16-7-5-4-6-15(16)21/h4-11H,12H2,1-3H3,(H,23,25)(H2,22,24,26,28). The predicted octanol–water partition coefficient (Wildman–Crippen LogP) is 3.35. The van der Waals surface area contributed by atoms with Crippen LogP contribution in [0.4, 0.5) is 0 Å². The Hall–Kier alpha value is -2.64. The molecule has 0 spiro atoms. The molecule has 0 fully saturated rings. The van der Waals surface area contributed by atoms with Gasteiger partial charge in [-0.15, -0.1) is 0 Å². The number of hydrogen-bond donors (Lipinski definition) is 3. The van der Waals surface area contributed by atoms with Gasteiger partial charge in [-0.25, -0.2) is 0 Å². The smallest absolute Gasteiger partial charge is 0.276 e. The quantitative estimate of drug-likeness (QED) is 0.523. The molecule has 3 N–H and O–H groups in total. The van der Waals surface area contributed by atoms with Gasteiger partial charge in [-0.2, -0.15) is 0 Å². The molecule has 0 heterocycles. The molecule has 0 aliphatic heterocycles. The van der Waals surface area contributed by atoms with E-state index in [0.717, 1.165) is 5.56 Å². The van der Waals surface area contributed by atoms with E-state index < -0.39 is 5.91 Å². The zero-order chi connectivity index (χ0) is 20.7. The number of hydrogen-bond acceptors (Lipinski definition) is 4. The van der Waals surface area contributed by atoms with E-state index >= 15 is 0 Å². The Kier molecular flexibility index (Phi) is 7.37. The van der Waals surface area contributed by atoms with Gasteiger partial charge in [0.25, 0.3) is 11.8 Å². The number of amides is 2. The third kappa shape index (κ3) is 6.51. The molecule has 0 aliphatic rings. The lowest BCUT2D eigenvalue weighted by Gasteiger charge is -2.19. The minimum absolute atomic E-state index is 0.00218. The summed E-state index contributed by atoms with van der Waals surface area (Å²) in [7, 11) is 0. The number of carbonyl (C=O) groups excluding carboxylic acids is 2. The van der Waals surface area contributed by atoms with E-state index in [2.05, 4.69) is 36.9 Å². The van der Waals surface area contributed by atoms with Gasteiger partial charge in [0.1, 0.15) is 5.75 Å². The first-order valence-corrected chi connectivity index (χ1v) is 9.33. The maximum Gasteiger partial charge on any atom is 0.276 e. The molecule has 0 unspecified atom stereocenters. The Bertz CT molecular complexity index is 864. The summed E-state index contributed by atoms with van der Waals surface area (Å²) in [6.45, 7) is 6.03. The molecular weight excluding hydrogens is 398 g/mol. The van der Waals surface area contributed by atoms with Crippen LogP contribution in [0.2, 0.25) is 5.02 Å². The number of carbonyl (C=O) groups is 2. The second kappa shape index (κ2) is 9.52. The first kappa shape index (κ1) is 21.7. The van der Waals surface area contributed by atoms with E-state index in [0.29, 0.717) is 16.3 Å². The van der Waals surface area contributed by atoms with Gasteiger partial charge in [0.15, 0.2) is 11.7 Å². The summed E-state index contributed by atoms with van der Waals surface area (Å²) in [5, 5.41) is 2.87. The van der Waals surface area contributed by atoms with Gasteiger partial charge < -0.3 is 4.74 Å². The van der Waals surface area contributed by atoms with E-state index in [1.54, 1.807) is 36.4 Å². The van der Waals surface area contributed by atoms with Gasteiger partial charge in [-0.3, -0.25) is 25.8 Å². The molecule has 2 aromatic carbocycles. The van der Waals surface area contributed by atoms with E-state index in [1.807, 2.05) is 12.1 Å². The number of rotatable bonds is 4. The topological polar surface area (TPSA) is 79.5 Å². The lowest BCUT2D eigenvalue weighted by molar-refractivity contribution is -0.123. The third-order valence-corrected chi connectivity index (χ3v) is 4.27. The van der Waals surface area contributed by atoms with E-state index in [-0.39, 0.29) is 23.0 Å². The molecule has 2 rings (SSSR count). The van der Waals surface area contributed by atoms with Crippen LogP contribution in [0.3, 0.4) is 0 Å². The molecule has 0 saturated heterocycles. The van der Waals surface area contributed by atoms with Crippen LogP contribution in [-0.4, -0.2) is 23.5 Å². The predicted molar refractivity (Wildman–Crippen MR) is 113 cm³/mol. The number of nitrogens with one attached hydrogen (secondary N) is 3. The van der Waals surface area contributed by atoms with Gasteiger partial charge in [-0.05, 0) is 47.5 Å². The zero-order valence-corrected chi connectivity index (χ0v) is 17.4. The lowest BCUT2D eigenvalue weighted by Crippen LogP contribution is -2.49. The first-order valence-electron chi connectivity index (χ1n) is 8.55. The van der Waals surface area contributed by atoms with Gasteiger partial charge in [-0.1, -0.05) is 56.6 Å². The van der Waals surface area contributed by atoms with Crippen molar-refractivity contribution >= 4 is 40.7 Å². The highest BCUT2D eigenvalue weighted by Gasteiger charge is 2.15. The van der Waals surface area contributed by atoms with E-state index in [1.165, 1.54) is 0 Å². The van der Waals surface area contributed by atoms with Crippen molar-refractivity contribution in [1.82, 2.24) is 16.2 Å². The summed E-state index contributed by atoms with van der Waals surface area (Å²) >= 11 is 11.0. The number of benzene rings is 2. The Labute approximate surface area is 174 Å². The molecule has 2 amide bonds. The van der Waals surface area contributed by atoms with Crippen molar-refractivity contribution in [2.24, 2.45) is 0 Å². The summed E-state index contributed by atoms with van der Waals surface area (Å²) in [4.78, 5) is 24.0. The van der Waals surface area contributed by atoms with Gasteiger partial charge in [0, 0.05) is 5.56 Å². The van der Waals surface area contributed by atoms with E-state index in [9.17, 15) is 9.59 Å². The fraction of sp³-hybridized carbons (Fsp3) is 0.250. The normalized spacial score (nSPS) is 10.7. The van der Waals surface area contributed by atoms with Crippen molar-refractivity contribution in [2.45, 2.75) is 26.2 Å². The molecule has 6 nitrogen and oxygen atoms in total. The molecule has 8 heteroatoms. The van der Waals surface area contributed by atoms with Crippen molar-refractivity contribution in [3.63, 3.8) is 0 Å². The Balaban J connectivity index is 1.77. The van der Waals surface area contributed by atoms with Crippen molar-refractivity contribution in [3.8, 4) is 5.75 Å². The van der Waals surface area contributed by atoms with Crippen LogP contribution in [0.15, 0.2) is 48.5 Å². The van der Waals surface area contributed by atoms with Crippen molar-refractivity contribution < 1.29 is 14.3 Å². The summed E-state index contributed by atoms with van der Waals surface area (Å²) in [6, 6.07) is 14.1. The highest BCUT2D eigenvalue weighted by Crippen LogP contribution is 2.23. The number of thiocarbonyl (C=S) groups is 1. The molecule has 0 radical (unpaired) electrons. The van der Waals surface area contributed by atoms with Crippen LogP contribution < -0.4 is 20.9 Å². The van der Waals surface area contributed by atoms with Crippen LogP contribution >= 0.6 is 23.8 Å². The molecule has 28 heavy (non-hydrogen) atoms. The molecule has 0 aliphatic carbocycles. The fourth-order valence-electron chi connectivity index (χ4n) is 2.20. The summed E-state index contributed by atoms with van der Waals surface area (Å²) in [5.41, 5.74) is 6.39. The minimum Gasteiger partial charge on any atom is -0.482 e. The van der Waals surface area contributed by atoms with Crippen LogP contribution in [-0.2, 0) is 10.2 Å². The van der Waals surface area contributed by atoms with Crippen LogP contribution in [0, 0.1) is 0 Å². The van der Waals surface area contributed by atoms with E-state index in [4.69, 9.17) is 28.6 Å². The molecule has 148 valence electrons. The minimum atomic E-state index is -0.481. The summed E-state index contributed by atoms with van der Waals surface area (Å²) in [5.74, 6) is -0.459. The zero-order valence-electron chi connectivity index (χ0n) is 15.8. The number of halogens is 1. The first-order chi connectivity index (χ1) is 13.2. The maximum absolute atomic E-state index is 12.2. The second-order valence-corrected chi connectivity index (χ2v) is 7.82. The molecule has 0 atom stereocenters. The molecule has 0 bridgehead atoms. The van der Waals surface area contributed by atoms with Crippen molar-refractivity contribution in [3.05, 3.63) is 64.7 Å². The van der Waals surface area contributed by atoms with Gasteiger partial charge in [0.2, 0.25) is 0 Å². The Morgan fingerprint density at radius 1 is 1.04 bits per heavy atom. The second-order valence-electron chi connectivity index (χ2n) is 7.00. The Morgan fingerprint density at radius 2 is 1.68 bits per heavy atom. The van der Waals surface area contributed by atoms with Crippen LogP contribution in [0.5, 0.6) is 5.75 Å². The molecule has 0 aromatic heterocycles. The largest absolute Gasteiger partial charge is 0.482 e.